The highest BCUT2D eigenvalue weighted by molar-refractivity contribution is 8.11. The smallest absolute Gasteiger partial charge is 0.267 e. The van der Waals surface area contributed by atoms with Gasteiger partial charge in [0.2, 0.25) is 0 Å². The van der Waals surface area contributed by atoms with Crippen molar-refractivity contribution in [1.82, 2.24) is 4.98 Å². The van der Waals surface area contributed by atoms with E-state index in [2.05, 4.69) is 4.98 Å². The normalized spacial score (nSPS) is 18.6. The summed E-state index contributed by atoms with van der Waals surface area (Å²) in [5, 5.41) is 8.71. The molecule has 3 heterocycles. The standard InChI is InChI=1S/C12H7N3O2S2/c13-5-7-1-2-8(14-6-7)15-11(16)9-10(12(15)17)19-4-3-18-9/h1-2,6H,3-4H2. The molecule has 0 N–H and O–H groups in total. The first-order chi connectivity index (χ1) is 9.22. The Morgan fingerprint density at radius 1 is 1.16 bits per heavy atom. The van der Waals surface area contributed by atoms with Gasteiger partial charge in [-0.05, 0) is 12.1 Å². The molecule has 3 rings (SSSR count). The molecule has 0 spiro atoms. The number of thioether (sulfide) groups is 2. The van der Waals surface area contributed by atoms with Gasteiger partial charge in [-0.1, -0.05) is 0 Å². The first kappa shape index (κ1) is 12.3. The van der Waals surface area contributed by atoms with Crippen LogP contribution in [0, 0.1) is 11.3 Å². The number of nitriles is 1. The van der Waals surface area contributed by atoms with Gasteiger partial charge < -0.3 is 0 Å². The van der Waals surface area contributed by atoms with Crippen LogP contribution in [0.1, 0.15) is 5.56 Å². The van der Waals surface area contributed by atoms with E-state index in [0.717, 1.165) is 16.4 Å². The van der Waals surface area contributed by atoms with E-state index in [1.807, 2.05) is 6.07 Å². The molecule has 0 atom stereocenters. The summed E-state index contributed by atoms with van der Waals surface area (Å²) in [6.45, 7) is 0. The molecule has 0 aliphatic carbocycles. The zero-order valence-electron chi connectivity index (χ0n) is 9.62. The molecule has 2 aliphatic heterocycles. The Labute approximate surface area is 117 Å². The zero-order valence-corrected chi connectivity index (χ0v) is 11.3. The molecule has 94 valence electrons. The second kappa shape index (κ2) is 4.72. The molecule has 1 aromatic heterocycles. The number of aromatic nitrogens is 1. The summed E-state index contributed by atoms with van der Waals surface area (Å²) >= 11 is 2.84. The van der Waals surface area contributed by atoms with Crippen LogP contribution >= 0.6 is 23.5 Å². The van der Waals surface area contributed by atoms with Crippen LogP contribution in [0.3, 0.4) is 0 Å². The molecule has 0 fully saturated rings. The molecule has 7 heteroatoms. The second-order valence-electron chi connectivity index (χ2n) is 3.82. The topological polar surface area (TPSA) is 74.1 Å². The van der Waals surface area contributed by atoms with Crippen molar-refractivity contribution in [3.63, 3.8) is 0 Å². The van der Waals surface area contributed by atoms with Gasteiger partial charge in [-0.2, -0.15) is 5.26 Å². The van der Waals surface area contributed by atoms with E-state index in [1.165, 1.54) is 35.8 Å². The molecular formula is C12H7N3O2S2. The van der Waals surface area contributed by atoms with E-state index in [9.17, 15) is 9.59 Å². The fourth-order valence-electron chi connectivity index (χ4n) is 1.82. The summed E-state index contributed by atoms with van der Waals surface area (Å²) in [6, 6.07) is 5.01. The Bertz CT molecular complexity index is 618. The van der Waals surface area contributed by atoms with Gasteiger partial charge in [-0.15, -0.1) is 23.5 Å². The zero-order chi connectivity index (χ0) is 13.4. The highest BCUT2D eigenvalue weighted by Crippen LogP contribution is 2.41. The SMILES string of the molecule is N#Cc1ccc(N2C(=O)C3=C(SCCS3)C2=O)nc1. The van der Waals surface area contributed by atoms with Crippen molar-refractivity contribution < 1.29 is 9.59 Å². The molecule has 0 radical (unpaired) electrons. The van der Waals surface area contributed by atoms with Crippen LogP contribution < -0.4 is 4.90 Å². The van der Waals surface area contributed by atoms with E-state index in [4.69, 9.17) is 5.26 Å². The lowest BCUT2D eigenvalue weighted by Gasteiger charge is -2.12. The van der Waals surface area contributed by atoms with Gasteiger partial charge in [0, 0.05) is 17.7 Å². The highest BCUT2D eigenvalue weighted by atomic mass is 32.2. The van der Waals surface area contributed by atoms with Crippen molar-refractivity contribution in [2.45, 2.75) is 0 Å². The van der Waals surface area contributed by atoms with Crippen LogP contribution in [0.15, 0.2) is 28.1 Å². The van der Waals surface area contributed by atoms with Crippen LogP contribution in [0.25, 0.3) is 0 Å². The molecular weight excluding hydrogens is 282 g/mol. The minimum absolute atomic E-state index is 0.268. The van der Waals surface area contributed by atoms with Gasteiger partial charge in [0.1, 0.15) is 11.9 Å². The lowest BCUT2D eigenvalue weighted by molar-refractivity contribution is -0.120. The maximum absolute atomic E-state index is 12.2. The number of amides is 2. The largest absolute Gasteiger partial charge is 0.274 e. The lowest BCUT2D eigenvalue weighted by Crippen LogP contribution is -2.31. The third-order valence-electron chi connectivity index (χ3n) is 2.68. The summed E-state index contributed by atoms with van der Waals surface area (Å²) in [7, 11) is 0. The van der Waals surface area contributed by atoms with Crippen LogP contribution in [0.4, 0.5) is 5.82 Å². The lowest BCUT2D eigenvalue weighted by atomic mass is 10.3. The van der Waals surface area contributed by atoms with Crippen LogP contribution in [0.5, 0.6) is 0 Å². The number of nitrogens with zero attached hydrogens (tertiary/aromatic N) is 3. The monoisotopic (exact) mass is 289 g/mol. The number of anilines is 1. The van der Waals surface area contributed by atoms with E-state index in [-0.39, 0.29) is 17.6 Å². The average Bonchev–Trinajstić information content (AvgIpc) is 2.72. The fraction of sp³-hybridized carbons (Fsp3) is 0.167. The van der Waals surface area contributed by atoms with Crippen LogP contribution in [-0.2, 0) is 9.59 Å². The quantitative estimate of drug-likeness (QED) is 0.730. The third kappa shape index (κ3) is 1.93. The summed E-state index contributed by atoms with van der Waals surface area (Å²) in [4.78, 5) is 30.6. The Hall–Kier alpha value is -1.78. The predicted molar refractivity (Wildman–Crippen MR) is 73.4 cm³/mol. The van der Waals surface area contributed by atoms with Crippen molar-refractivity contribution in [3.8, 4) is 6.07 Å². The van der Waals surface area contributed by atoms with E-state index in [1.54, 1.807) is 6.07 Å². The number of carbonyl (C=O) groups is 2. The number of rotatable bonds is 1. The first-order valence-electron chi connectivity index (χ1n) is 5.47. The maximum atomic E-state index is 12.2. The molecule has 0 bridgehead atoms. The van der Waals surface area contributed by atoms with Crippen molar-refractivity contribution in [1.29, 1.82) is 5.26 Å². The molecule has 0 saturated carbocycles. The second-order valence-corrected chi connectivity index (χ2v) is 6.03. The first-order valence-corrected chi connectivity index (χ1v) is 7.44. The number of hydrogen-bond acceptors (Lipinski definition) is 6. The Morgan fingerprint density at radius 2 is 1.79 bits per heavy atom. The number of pyridine rings is 1. The number of imide groups is 1. The van der Waals surface area contributed by atoms with E-state index >= 15 is 0 Å². The van der Waals surface area contributed by atoms with Gasteiger partial charge in [0.15, 0.2) is 0 Å². The Morgan fingerprint density at radius 3 is 2.26 bits per heavy atom. The van der Waals surface area contributed by atoms with Crippen molar-refractivity contribution in [2.24, 2.45) is 0 Å². The molecule has 1 aromatic rings. The van der Waals surface area contributed by atoms with Gasteiger partial charge in [0.05, 0.1) is 15.4 Å². The van der Waals surface area contributed by atoms with Crippen LogP contribution in [0.2, 0.25) is 0 Å². The predicted octanol–water partition coefficient (Wildman–Crippen LogP) is 1.52. The summed E-state index contributed by atoms with van der Waals surface area (Å²) < 4.78 is 0. The third-order valence-corrected chi connectivity index (χ3v) is 5.22. The average molecular weight is 289 g/mol. The molecule has 19 heavy (non-hydrogen) atoms. The van der Waals surface area contributed by atoms with Crippen molar-refractivity contribution in [3.05, 3.63) is 33.7 Å². The number of carbonyl (C=O) groups excluding carboxylic acids is 2. The summed E-state index contributed by atoms with van der Waals surface area (Å²) in [5.41, 5.74) is 0.393. The summed E-state index contributed by atoms with van der Waals surface area (Å²) in [5.74, 6) is 1.31. The van der Waals surface area contributed by atoms with Crippen molar-refractivity contribution >= 4 is 41.2 Å². The fourth-order valence-corrected chi connectivity index (χ4v) is 4.12. The minimum atomic E-state index is -0.311. The number of hydrogen-bond donors (Lipinski definition) is 0. The minimum Gasteiger partial charge on any atom is -0.267 e. The highest BCUT2D eigenvalue weighted by Gasteiger charge is 2.41. The molecule has 0 saturated heterocycles. The summed E-state index contributed by atoms with van der Waals surface area (Å²) in [6.07, 6.45) is 1.35. The van der Waals surface area contributed by atoms with Gasteiger partial charge in [-0.25, -0.2) is 9.88 Å². The van der Waals surface area contributed by atoms with Gasteiger partial charge >= 0.3 is 0 Å². The Kier molecular flexibility index (Phi) is 3.05. The Balaban J connectivity index is 1.97. The van der Waals surface area contributed by atoms with Gasteiger partial charge in [-0.3, -0.25) is 9.59 Å². The van der Waals surface area contributed by atoms with Crippen molar-refractivity contribution in [2.75, 3.05) is 16.4 Å². The molecule has 0 aromatic carbocycles. The van der Waals surface area contributed by atoms with Crippen LogP contribution in [-0.4, -0.2) is 28.3 Å². The van der Waals surface area contributed by atoms with E-state index in [0.29, 0.717) is 15.4 Å². The molecule has 5 nitrogen and oxygen atoms in total. The van der Waals surface area contributed by atoms with E-state index < -0.39 is 0 Å². The van der Waals surface area contributed by atoms with Gasteiger partial charge in [0.25, 0.3) is 11.8 Å². The maximum Gasteiger partial charge on any atom is 0.274 e. The molecule has 2 aliphatic rings. The molecule has 2 amide bonds. The molecule has 0 unspecified atom stereocenters.